The smallest absolute Gasteiger partial charge is 0.0459 e. The summed E-state index contributed by atoms with van der Waals surface area (Å²) in [6.45, 7) is 5.27. The normalized spacial score (nSPS) is 11.5. The molecule has 0 spiro atoms. The number of aryl methyl sites for hydroxylation is 1. The Morgan fingerprint density at radius 1 is 1.18 bits per heavy atom. The number of rotatable bonds is 5. The SMILES string of the molecule is CC(C)CCc1cccc2[nH]cc(CCN)c12. The van der Waals surface area contributed by atoms with E-state index in [0.29, 0.717) is 6.54 Å². The van der Waals surface area contributed by atoms with Gasteiger partial charge >= 0.3 is 0 Å². The molecule has 2 heteroatoms. The Kier molecular flexibility index (Phi) is 3.85. The quantitative estimate of drug-likeness (QED) is 0.813. The average Bonchev–Trinajstić information content (AvgIpc) is 2.71. The minimum atomic E-state index is 0.714. The van der Waals surface area contributed by atoms with Crippen LogP contribution >= 0.6 is 0 Å². The van der Waals surface area contributed by atoms with Gasteiger partial charge in [-0.2, -0.15) is 0 Å². The van der Waals surface area contributed by atoms with E-state index in [4.69, 9.17) is 5.73 Å². The molecule has 0 aliphatic heterocycles. The molecule has 0 fully saturated rings. The second-order valence-electron chi connectivity index (χ2n) is 5.12. The number of nitrogens with two attached hydrogens (primary N) is 1. The number of benzene rings is 1. The maximum atomic E-state index is 5.67. The molecule has 2 aromatic rings. The number of aromatic amines is 1. The lowest BCUT2D eigenvalue weighted by Crippen LogP contribution is -2.02. The van der Waals surface area contributed by atoms with Crippen molar-refractivity contribution < 1.29 is 0 Å². The van der Waals surface area contributed by atoms with Gasteiger partial charge in [0.15, 0.2) is 0 Å². The van der Waals surface area contributed by atoms with E-state index >= 15 is 0 Å². The van der Waals surface area contributed by atoms with Crippen molar-refractivity contribution in [3.8, 4) is 0 Å². The second-order valence-corrected chi connectivity index (χ2v) is 5.12. The minimum Gasteiger partial charge on any atom is -0.361 e. The largest absolute Gasteiger partial charge is 0.361 e. The van der Waals surface area contributed by atoms with Crippen LogP contribution in [-0.4, -0.2) is 11.5 Å². The zero-order valence-electron chi connectivity index (χ0n) is 10.8. The van der Waals surface area contributed by atoms with E-state index in [1.165, 1.54) is 28.5 Å². The zero-order chi connectivity index (χ0) is 12.3. The molecule has 3 N–H and O–H groups in total. The van der Waals surface area contributed by atoms with Crippen molar-refractivity contribution in [2.75, 3.05) is 6.54 Å². The van der Waals surface area contributed by atoms with E-state index in [1.54, 1.807) is 0 Å². The van der Waals surface area contributed by atoms with Crippen LogP contribution in [0, 0.1) is 5.92 Å². The van der Waals surface area contributed by atoms with Gasteiger partial charge in [-0.15, -0.1) is 0 Å². The Bertz CT molecular complexity index is 483. The van der Waals surface area contributed by atoms with Gasteiger partial charge in [-0.1, -0.05) is 26.0 Å². The Hall–Kier alpha value is -1.28. The highest BCUT2D eigenvalue weighted by Gasteiger charge is 2.08. The van der Waals surface area contributed by atoms with Crippen LogP contribution in [-0.2, 0) is 12.8 Å². The summed E-state index contributed by atoms with van der Waals surface area (Å²) in [5, 5.41) is 1.40. The van der Waals surface area contributed by atoms with Gasteiger partial charge in [0.05, 0.1) is 0 Å². The summed E-state index contributed by atoms with van der Waals surface area (Å²) < 4.78 is 0. The van der Waals surface area contributed by atoms with Gasteiger partial charge in [0.25, 0.3) is 0 Å². The number of H-pyrrole nitrogens is 1. The van der Waals surface area contributed by atoms with Gasteiger partial charge in [0, 0.05) is 17.1 Å². The number of aromatic nitrogens is 1. The van der Waals surface area contributed by atoms with Crippen LogP contribution in [0.5, 0.6) is 0 Å². The molecule has 1 aromatic heterocycles. The first-order chi connectivity index (χ1) is 8.22. The third kappa shape index (κ3) is 2.70. The predicted octanol–water partition coefficient (Wildman–Crippen LogP) is 3.26. The van der Waals surface area contributed by atoms with Gasteiger partial charge < -0.3 is 10.7 Å². The molecular weight excluding hydrogens is 208 g/mol. The Balaban J connectivity index is 2.36. The van der Waals surface area contributed by atoms with Crippen LogP contribution in [0.4, 0.5) is 0 Å². The Labute approximate surface area is 103 Å². The first-order valence-corrected chi connectivity index (χ1v) is 6.50. The number of nitrogens with one attached hydrogen (secondary N) is 1. The summed E-state index contributed by atoms with van der Waals surface area (Å²) in [5.41, 5.74) is 9.74. The predicted molar refractivity (Wildman–Crippen MR) is 74.2 cm³/mol. The third-order valence-corrected chi connectivity index (χ3v) is 3.28. The van der Waals surface area contributed by atoms with E-state index < -0.39 is 0 Å². The monoisotopic (exact) mass is 230 g/mol. The van der Waals surface area contributed by atoms with Crippen molar-refractivity contribution in [1.82, 2.24) is 4.98 Å². The van der Waals surface area contributed by atoms with Crippen molar-refractivity contribution in [1.29, 1.82) is 0 Å². The number of hydrogen-bond acceptors (Lipinski definition) is 1. The molecule has 92 valence electrons. The average molecular weight is 230 g/mol. The first kappa shape index (κ1) is 12.2. The van der Waals surface area contributed by atoms with Crippen LogP contribution in [0.2, 0.25) is 0 Å². The van der Waals surface area contributed by atoms with Gasteiger partial charge in [0.2, 0.25) is 0 Å². The highest BCUT2D eigenvalue weighted by molar-refractivity contribution is 5.86. The van der Waals surface area contributed by atoms with Crippen molar-refractivity contribution in [2.24, 2.45) is 11.7 Å². The molecule has 0 saturated heterocycles. The van der Waals surface area contributed by atoms with Gasteiger partial charge in [-0.25, -0.2) is 0 Å². The lowest BCUT2D eigenvalue weighted by molar-refractivity contribution is 0.588. The first-order valence-electron chi connectivity index (χ1n) is 6.50. The molecule has 0 atom stereocenters. The molecule has 0 saturated carbocycles. The second kappa shape index (κ2) is 5.37. The molecule has 0 radical (unpaired) electrons. The van der Waals surface area contributed by atoms with E-state index in [-0.39, 0.29) is 0 Å². The summed E-state index contributed by atoms with van der Waals surface area (Å²) in [6, 6.07) is 6.54. The fourth-order valence-electron chi connectivity index (χ4n) is 2.34. The van der Waals surface area contributed by atoms with E-state index in [9.17, 15) is 0 Å². The van der Waals surface area contributed by atoms with Crippen LogP contribution in [0.1, 0.15) is 31.4 Å². The van der Waals surface area contributed by atoms with E-state index in [0.717, 1.165) is 18.8 Å². The molecule has 0 aliphatic carbocycles. The Morgan fingerprint density at radius 3 is 2.71 bits per heavy atom. The summed E-state index contributed by atoms with van der Waals surface area (Å²) in [7, 11) is 0. The molecule has 0 amide bonds. The van der Waals surface area contributed by atoms with Crippen LogP contribution in [0.15, 0.2) is 24.4 Å². The molecular formula is C15H22N2. The zero-order valence-corrected chi connectivity index (χ0v) is 10.8. The summed E-state index contributed by atoms with van der Waals surface area (Å²) in [5.74, 6) is 0.752. The van der Waals surface area contributed by atoms with Gasteiger partial charge in [-0.3, -0.25) is 0 Å². The highest BCUT2D eigenvalue weighted by atomic mass is 14.7. The molecule has 17 heavy (non-hydrogen) atoms. The van der Waals surface area contributed by atoms with Gasteiger partial charge in [0.1, 0.15) is 0 Å². The summed E-state index contributed by atoms with van der Waals surface area (Å²) in [6.07, 6.45) is 5.46. The lowest BCUT2D eigenvalue weighted by atomic mass is 9.97. The van der Waals surface area contributed by atoms with Crippen LogP contribution < -0.4 is 5.73 Å². The van der Waals surface area contributed by atoms with Crippen molar-refractivity contribution in [3.05, 3.63) is 35.5 Å². The van der Waals surface area contributed by atoms with Crippen molar-refractivity contribution in [2.45, 2.75) is 33.1 Å². The standard InChI is InChI=1S/C15H22N2/c1-11(2)6-7-12-4-3-5-14-15(12)13(8-9-16)10-17-14/h3-5,10-11,17H,6-9,16H2,1-2H3. The summed E-state index contributed by atoms with van der Waals surface area (Å²) in [4.78, 5) is 3.35. The number of hydrogen-bond donors (Lipinski definition) is 2. The van der Waals surface area contributed by atoms with Gasteiger partial charge in [-0.05, 0) is 48.9 Å². The molecule has 1 heterocycles. The highest BCUT2D eigenvalue weighted by Crippen LogP contribution is 2.24. The third-order valence-electron chi connectivity index (χ3n) is 3.28. The van der Waals surface area contributed by atoms with Crippen molar-refractivity contribution in [3.63, 3.8) is 0 Å². The van der Waals surface area contributed by atoms with E-state index in [2.05, 4.69) is 43.2 Å². The van der Waals surface area contributed by atoms with Crippen LogP contribution in [0.25, 0.3) is 10.9 Å². The number of fused-ring (bicyclic) bond motifs is 1. The fourth-order valence-corrected chi connectivity index (χ4v) is 2.34. The maximum absolute atomic E-state index is 5.67. The molecule has 1 aromatic carbocycles. The summed E-state index contributed by atoms with van der Waals surface area (Å²) >= 11 is 0. The van der Waals surface area contributed by atoms with Crippen LogP contribution in [0.3, 0.4) is 0 Å². The molecule has 0 aliphatic rings. The molecule has 2 nitrogen and oxygen atoms in total. The van der Waals surface area contributed by atoms with Crippen molar-refractivity contribution >= 4 is 10.9 Å². The lowest BCUT2D eigenvalue weighted by Gasteiger charge is -2.08. The fraction of sp³-hybridized carbons (Fsp3) is 0.467. The molecule has 0 unspecified atom stereocenters. The van der Waals surface area contributed by atoms with E-state index in [1.807, 2.05) is 0 Å². The molecule has 0 bridgehead atoms. The topological polar surface area (TPSA) is 41.8 Å². The molecule has 2 rings (SSSR count). The minimum absolute atomic E-state index is 0.714. The maximum Gasteiger partial charge on any atom is 0.0459 e. The Morgan fingerprint density at radius 2 is 2.00 bits per heavy atom.